The van der Waals surface area contributed by atoms with Crippen LogP contribution >= 0.6 is 0 Å². The molecule has 1 nitrogen and oxygen atoms in total. The van der Waals surface area contributed by atoms with Crippen LogP contribution < -0.4 is 0 Å². The lowest BCUT2D eigenvalue weighted by Crippen LogP contribution is -2.17. The third kappa shape index (κ3) is 1.06. The maximum absolute atomic E-state index is 8.09. The van der Waals surface area contributed by atoms with Gasteiger partial charge in [0.1, 0.15) is 0 Å². The SMILES string of the molecule is N=C1CC=C2c3ccccc3C3=CCC=C1C32. The molecule has 3 aliphatic rings. The van der Waals surface area contributed by atoms with Crippen molar-refractivity contribution < 1.29 is 0 Å². The number of benzene rings is 1. The molecule has 1 unspecified atom stereocenters. The van der Waals surface area contributed by atoms with Gasteiger partial charge in [0, 0.05) is 18.1 Å². The van der Waals surface area contributed by atoms with Crippen LogP contribution in [-0.4, -0.2) is 5.71 Å². The highest BCUT2D eigenvalue weighted by Gasteiger charge is 2.37. The minimum atomic E-state index is 0.363. The van der Waals surface area contributed by atoms with E-state index in [1.807, 2.05) is 0 Å². The van der Waals surface area contributed by atoms with Gasteiger partial charge in [0.25, 0.3) is 0 Å². The molecule has 0 fully saturated rings. The molecule has 0 heterocycles. The van der Waals surface area contributed by atoms with E-state index in [0.717, 1.165) is 18.6 Å². The van der Waals surface area contributed by atoms with Crippen molar-refractivity contribution in [2.75, 3.05) is 0 Å². The zero-order valence-electron chi connectivity index (χ0n) is 9.53. The van der Waals surface area contributed by atoms with E-state index in [9.17, 15) is 0 Å². The van der Waals surface area contributed by atoms with E-state index in [4.69, 9.17) is 5.41 Å². The van der Waals surface area contributed by atoms with Crippen LogP contribution in [0.3, 0.4) is 0 Å². The van der Waals surface area contributed by atoms with Crippen LogP contribution in [0.1, 0.15) is 24.0 Å². The van der Waals surface area contributed by atoms with Crippen molar-refractivity contribution in [2.24, 2.45) is 5.92 Å². The van der Waals surface area contributed by atoms with Crippen molar-refractivity contribution in [2.45, 2.75) is 12.8 Å². The zero-order chi connectivity index (χ0) is 11.4. The summed E-state index contributed by atoms with van der Waals surface area (Å²) in [5.74, 6) is 0.363. The summed E-state index contributed by atoms with van der Waals surface area (Å²) in [6, 6.07) is 8.65. The van der Waals surface area contributed by atoms with E-state index < -0.39 is 0 Å². The summed E-state index contributed by atoms with van der Waals surface area (Å²) < 4.78 is 0. The van der Waals surface area contributed by atoms with Crippen LogP contribution in [0.15, 0.2) is 48.1 Å². The Balaban J connectivity index is 2.04. The predicted octanol–water partition coefficient (Wildman–Crippen LogP) is 3.84. The fourth-order valence-corrected chi connectivity index (χ4v) is 3.31. The molecule has 82 valence electrons. The first-order valence-electron chi connectivity index (χ1n) is 6.14. The molecule has 1 heteroatoms. The highest BCUT2D eigenvalue weighted by molar-refractivity contribution is 6.12. The minimum absolute atomic E-state index is 0.363. The second-order valence-corrected chi connectivity index (χ2v) is 4.88. The second-order valence-electron chi connectivity index (χ2n) is 4.88. The summed E-state index contributed by atoms with van der Waals surface area (Å²) in [5, 5.41) is 8.09. The van der Waals surface area contributed by atoms with Crippen LogP contribution in [0, 0.1) is 11.3 Å². The summed E-state index contributed by atoms with van der Waals surface area (Å²) in [4.78, 5) is 0. The standard InChI is InChI=1S/C16H13N/c17-15-9-8-13-11-5-2-1-4-10(11)12-6-3-7-14(15)16(12)13/h1-2,4-8,16-17H,3,9H2. The molecule has 0 spiro atoms. The Morgan fingerprint density at radius 3 is 2.29 bits per heavy atom. The molecule has 1 aromatic carbocycles. The maximum atomic E-state index is 8.09. The molecule has 1 aromatic rings. The van der Waals surface area contributed by atoms with Gasteiger partial charge in [0.15, 0.2) is 0 Å². The van der Waals surface area contributed by atoms with Gasteiger partial charge in [-0.05, 0) is 34.3 Å². The number of hydrogen-bond donors (Lipinski definition) is 1. The normalized spacial score (nSPS) is 24.6. The first kappa shape index (κ1) is 9.17. The maximum Gasteiger partial charge on any atom is 0.0390 e. The van der Waals surface area contributed by atoms with Gasteiger partial charge >= 0.3 is 0 Å². The Morgan fingerprint density at radius 2 is 1.53 bits per heavy atom. The molecule has 1 atom stereocenters. The van der Waals surface area contributed by atoms with Gasteiger partial charge in [-0.25, -0.2) is 0 Å². The molecule has 17 heavy (non-hydrogen) atoms. The Hall–Kier alpha value is -1.89. The highest BCUT2D eigenvalue weighted by atomic mass is 14.5. The van der Waals surface area contributed by atoms with Crippen LogP contribution in [-0.2, 0) is 0 Å². The van der Waals surface area contributed by atoms with Crippen molar-refractivity contribution >= 4 is 16.9 Å². The minimum Gasteiger partial charge on any atom is -0.305 e. The molecular weight excluding hydrogens is 206 g/mol. The van der Waals surface area contributed by atoms with E-state index >= 15 is 0 Å². The predicted molar refractivity (Wildman–Crippen MR) is 70.9 cm³/mol. The van der Waals surface area contributed by atoms with Gasteiger partial charge < -0.3 is 5.41 Å². The van der Waals surface area contributed by atoms with Crippen molar-refractivity contribution in [3.63, 3.8) is 0 Å². The molecule has 0 amide bonds. The van der Waals surface area contributed by atoms with Crippen LogP contribution in [0.25, 0.3) is 11.1 Å². The van der Waals surface area contributed by atoms with Crippen molar-refractivity contribution in [3.8, 4) is 0 Å². The lowest BCUT2D eigenvalue weighted by Gasteiger charge is -2.26. The molecule has 1 N–H and O–H groups in total. The second kappa shape index (κ2) is 3.07. The van der Waals surface area contributed by atoms with Gasteiger partial charge in [-0.15, -0.1) is 0 Å². The van der Waals surface area contributed by atoms with E-state index in [-0.39, 0.29) is 0 Å². The molecule has 0 aliphatic heterocycles. The van der Waals surface area contributed by atoms with E-state index in [0.29, 0.717) is 5.92 Å². The van der Waals surface area contributed by atoms with E-state index in [1.54, 1.807) is 0 Å². The molecule has 0 radical (unpaired) electrons. The number of fused-ring (bicyclic) bond motifs is 3. The van der Waals surface area contributed by atoms with Gasteiger partial charge in [0.05, 0.1) is 0 Å². The average Bonchev–Trinajstić information content (AvgIpc) is 2.70. The largest absolute Gasteiger partial charge is 0.305 e. The summed E-state index contributed by atoms with van der Waals surface area (Å²) in [7, 11) is 0. The van der Waals surface area contributed by atoms with Crippen LogP contribution in [0.4, 0.5) is 0 Å². The molecule has 0 saturated heterocycles. The van der Waals surface area contributed by atoms with Gasteiger partial charge in [0.2, 0.25) is 0 Å². The highest BCUT2D eigenvalue weighted by Crippen LogP contribution is 2.52. The molecular formula is C16H13N. The van der Waals surface area contributed by atoms with Crippen LogP contribution in [0.2, 0.25) is 0 Å². The van der Waals surface area contributed by atoms with Crippen LogP contribution in [0.5, 0.6) is 0 Å². The number of nitrogens with one attached hydrogen (secondary N) is 1. The van der Waals surface area contributed by atoms with Gasteiger partial charge in [-0.3, -0.25) is 0 Å². The topological polar surface area (TPSA) is 23.9 Å². The summed E-state index contributed by atoms with van der Waals surface area (Å²) in [6.45, 7) is 0. The smallest absolute Gasteiger partial charge is 0.0390 e. The molecule has 4 rings (SSSR count). The number of rotatable bonds is 0. The fourth-order valence-electron chi connectivity index (χ4n) is 3.31. The van der Waals surface area contributed by atoms with Gasteiger partial charge in [-0.1, -0.05) is 42.5 Å². The lowest BCUT2D eigenvalue weighted by atomic mass is 9.77. The number of allylic oxidation sites excluding steroid dienone is 6. The average molecular weight is 219 g/mol. The van der Waals surface area contributed by atoms with Crippen molar-refractivity contribution in [3.05, 3.63) is 59.2 Å². The zero-order valence-corrected chi connectivity index (χ0v) is 9.53. The third-order valence-electron chi connectivity index (χ3n) is 4.03. The first-order chi connectivity index (χ1) is 8.36. The summed E-state index contributed by atoms with van der Waals surface area (Å²) >= 11 is 0. The molecule has 0 saturated carbocycles. The Morgan fingerprint density at radius 1 is 0.882 bits per heavy atom. The van der Waals surface area contributed by atoms with Crippen molar-refractivity contribution in [1.82, 2.24) is 0 Å². The Labute approximate surface area is 101 Å². The quantitative estimate of drug-likeness (QED) is 0.685. The molecule has 0 bridgehead atoms. The third-order valence-corrected chi connectivity index (χ3v) is 4.03. The fraction of sp³-hybridized carbons (Fsp3) is 0.188. The Bertz CT molecular complexity index is 629. The summed E-state index contributed by atoms with van der Waals surface area (Å²) in [6.07, 6.45) is 8.57. The Kier molecular flexibility index (Phi) is 1.66. The van der Waals surface area contributed by atoms with Gasteiger partial charge in [-0.2, -0.15) is 0 Å². The molecule has 0 aromatic heterocycles. The van der Waals surface area contributed by atoms with E-state index in [1.165, 1.54) is 27.8 Å². The van der Waals surface area contributed by atoms with Crippen molar-refractivity contribution in [1.29, 1.82) is 5.41 Å². The first-order valence-corrected chi connectivity index (χ1v) is 6.14. The molecule has 3 aliphatic carbocycles. The lowest BCUT2D eigenvalue weighted by molar-refractivity contribution is 1.01. The van der Waals surface area contributed by atoms with E-state index in [2.05, 4.69) is 42.5 Å². The monoisotopic (exact) mass is 219 g/mol. The number of hydrogen-bond acceptors (Lipinski definition) is 1. The summed E-state index contributed by atoms with van der Waals surface area (Å²) in [5.41, 5.74) is 7.66.